The number of nitrogens with one attached hydrogen (secondary N) is 2. The van der Waals surface area contributed by atoms with Crippen LogP contribution in [0, 0.1) is 0 Å². The summed E-state index contributed by atoms with van der Waals surface area (Å²) in [5.74, 6) is 0. The Balaban J connectivity index is 1.34. The van der Waals surface area contributed by atoms with Crippen molar-refractivity contribution in [3.8, 4) is 0 Å². The molecular weight excluding hydrogens is 354 g/mol. The molecule has 0 saturated carbocycles. The Morgan fingerprint density at radius 2 is 1.67 bits per heavy atom. The van der Waals surface area contributed by atoms with E-state index >= 15 is 0 Å². The molecule has 4 rings (SSSR count). The molecule has 0 aromatic heterocycles. The van der Waals surface area contributed by atoms with Gasteiger partial charge in [-0.1, -0.05) is 72.8 Å². The van der Waals surface area contributed by atoms with E-state index in [9.17, 15) is 0 Å². The van der Waals surface area contributed by atoms with Gasteiger partial charge in [-0.3, -0.25) is 0 Å². The summed E-state index contributed by atoms with van der Waals surface area (Å²) in [5, 5.41) is 5.57. The maximum absolute atomic E-state index is 5.98. The highest BCUT2D eigenvalue weighted by Crippen LogP contribution is 2.23. The molecule has 0 aliphatic carbocycles. The molecule has 0 radical (unpaired) electrons. The number of piperazine rings is 1. The number of hydrazine groups is 1. The fraction of sp³-hybridized carbons (Fsp3) is 0.217. The molecule has 2 N–H and O–H groups in total. The van der Waals surface area contributed by atoms with E-state index in [1.165, 1.54) is 21.9 Å². The monoisotopic (exact) mass is 378 g/mol. The van der Waals surface area contributed by atoms with Crippen LogP contribution in [0.15, 0.2) is 73.3 Å². The molecule has 3 aromatic rings. The average Bonchev–Trinajstić information content (AvgIpc) is 2.71. The lowest BCUT2D eigenvalue weighted by molar-refractivity contribution is -0.918. The fourth-order valence-corrected chi connectivity index (χ4v) is 3.87. The number of rotatable bonds is 5. The van der Waals surface area contributed by atoms with Crippen LogP contribution in [0.5, 0.6) is 0 Å². The maximum Gasteiger partial charge on any atom is 0.103 e. The van der Waals surface area contributed by atoms with Gasteiger partial charge >= 0.3 is 0 Å². The second-order valence-electron chi connectivity index (χ2n) is 7.16. The first-order valence-electron chi connectivity index (χ1n) is 9.46. The summed E-state index contributed by atoms with van der Waals surface area (Å²) >= 11 is 5.98. The van der Waals surface area contributed by atoms with Crippen LogP contribution in [0.1, 0.15) is 11.1 Å². The summed E-state index contributed by atoms with van der Waals surface area (Å²) in [7, 11) is 0. The Morgan fingerprint density at radius 1 is 0.963 bits per heavy atom. The Hall–Kier alpha value is -2.33. The van der Waals surface area contributed by atoms with Crippen molar-refractivity contribution in [1.29, 1.82) is 0 Å². The van der Waals surface area contributed by atoms with Crippen molar-refractivity contribution in [2.45, 2.75) is 6.54 Å². The Morgan fingerprint density at radius 3 is 2.44 bits per heavy atom. The third-order valence-electron chi connectivity index (χ3n) is 5.25. The quantitative estimate of drug-likeness (QED) is 0.709. The van der Waals surface area contributed by atoms with Crippen LogP contribution in [0.3, 0.4) is 0 Å². The van der Waals surface area contributed by atoms with Crippen molar-refractivity contribution in [3.05, 3.63) is 89.5 Å². The van der Waals surface area contributed by atoms with Gasteiger partial charge in [0.25, 0.3) is 0 Å². The van der Waals surface area contributed by atoms with Gasteiger partial charge in [-0.25, -0.2) is 5.01 Å². The summed E-state index contributed by atoms with van der Waals surface area (Å²) in [6.07, 6.45) is 0. The van der Waals surface area contributed by atoms with Gasteiger partial charge in [-0.2, -0.15) is 0 Å². The number of fused-ring (bicyclic) bond motifs is 1. The van der Waals surface area contributed by atoms with E-state index in [4.69, 9.17) is 11.6 Å². The van der Waals surface area contributed by atoms with Gasteiger partial charge < -0.3 is 10.3 Å². The minimum Gasteiger partial charge on any atom is -0.329 e. The molecule has 138 valence electrons. The van der Waals surface area contributed by atoms with Gasteiger partial charge in [0.05, 0.1) is 26.2 Å². The Bertz CT molecular complexity index is 923. The molecule has 1 heterocycles. The van der Waals surface area contributed by atoms with Crippen molar-refractivity contribution in [3.63, 3.8) is 0 Å². The molecule has 27 heavy (non-hydrogen) atoms. The zero-order chi connectivity index (χ0) is 18.6. The van der Waals surface area contributed by atoms with Crippen LogP contribution in [-0.4, -0.2) is 31.2 Å². The second kappa shape index (κ2) is 8.13. The van der Waals surface area contributed by atoms with Gasteiger partial charge in [0, 0.05) is 21.8 Å². The van der Waals surface area contributed by atoms with Gasteiger partial charge in [-0.15, -0.1) is 0 Å². The summed E-state index contributed by atoms with van der Waals surface area (Å²) in [5.41, 5.74) is 7.01. The summed E-state index contributed by atoms with van der Waals surface area (Å²) in [6.45, 7) is 9.58. The number of quaternary nitrogens is 1. The number of nitrogens with zero attached hydrogens (tertiary/aromatic N) is 1. The molecular formula is C23H25ClN3+. The van der Waals surface area contributed by atoms with E-state index in [0.717, 1.165) is 43.4 Å². The van der Waals surface area contributed by atoms with Crippen molar-refractivity contribution in [2.24, 2.45) is 0 Å². The van der Waals surface area contributed by atoms with Crippen LogP contribution in [-0.2, 0) is 6.54 Å². The Kier molecular flexibility index (Phi) is 5.44. The third kappa shape index (κ3) is 4.33. The van der Waals surface area contributed by atoms with Crippen molar-refractivity contribution in [1.82, 2.24) is 10.4 Å². The van der Waals surface area contributed by atoms with Gasteiger partial charge in [0.15, 0.2) is 0 Å². The number of hydrogen-bond donors (Lipinski definition) is 2. The summed E-state index contributed by atoms with van der Waals surface area (Å²) in [6, 6.07) is 23.0. The SMILES string of the molecule is C=C(NN1CC[NH+](Cc2ccc(Cl)cc2)CC1)c1cccc2ccccc12. The number of hydrogen-bond acceptors (Lipinski definition) is 2. The first-order chi connectivity index (χ1) is 13.2. The van der Waals surface area contributed by atoms with Crippen molar-refractivity contribution < 1.29 is 4.90 Å². The van der Waals surface area contributed by atoms with Gasteiger partial charge in [0.1, 0.15) is 6.54 Å². The minimum atomic E-state index is 0.801. The van der Waals surface area contributed by atoms with Crippen LogP contribution < -0.4 is 10.3 Å². The van der Waals surface area contributed by atoms with E-state index in [0.29, 0.717) is 0 Å². The lowest BCUT2D eigenvalue weighted by atomic mass is 10.0. The first-order valence-corrected chi connectivity index (χ1v) is 9.83. The maximum atomic E-state index is 5.98. The van der Waals surface area contributed by atoms with Gasteiger partial charge in [0.2, 0.25) is 0 Å². The van der Waals surface area contributed by atoms with E-state index in [1.807, 2.05) is 12.1 Å². The van der Waals surface area contributed by atoms with Crippen LogP contribution in [0.25, 0.3) is 16.5 Å². The number of benzene rings is 3. The molecule has 1 aliphatic heterocycles. The molecule has 0 spiro atoms. The minimum absolute atomic E-state index is 0.801. The Labute approximate surface area is 165 Å². The molecule has 0 atom stereocenters. The standard InChI is InChI=1S/C23H24ClN3/c1-18(22-8-4-6-20-5-2-3-7-23(20)22)25-27-15-13-26(14-16-27)17-19-9-11-21(24)12-10-19/h2-12,25H,1,13-17H2/p+1. The summed E-state index contributed by atoms with van der Waals surface area (Å²) < 4.78 is 0. The largest absolute Gasteiger partial charge is 0.329 e. The second-order valence-corrected chi connectivity index (χ2v) is 7.59. The lowest BCUT2D eigenvalue weighted by Crippen LogP contribution is -3.13. The molecule has 1 aliphatic rings. The highest BCUT2D eigenvalue weighted by molar-refractivity contribution is 6.30. The van der Waals surface area contributed by atoms with Gasteiger partial charge in [-0.05, 0) is 22.9 Å². The molecule has 0 unspecified atom stereocenters. The lowest BCUT2D eigenvalue weighted by Gasteiger charge is -2.33. The third-order valence-corrected chi connectivity index (χ3v) is 5.50. The molecule has 0 amide bonds. The smallest absolute Gasteiger partial charge is 0.103 e. The summed E-state index contributed by atoms with van der Waals surface area (Å²) in [4.78, 5) is 1.60. The zero-order valence-electron chi connectivity index (χ0n) is 15.4. The molecule has 0 bridgehead atoms. The van der Waals surface area contributed by atoms with Crippen molar-refractivity contribution in [2.75, 3.05) is 26.2 Å². The van der Waals surface area contributed by atoms with E-state index in [-0.39, 0.29) is 0 Å². The molecule has 3 aromatic carbocycles. The van der Waals surface area contributed by atoms with E-state index in [1.54, 1.807) is 4.90 Å². The topological polar surface area (TPSA) is 19.7 Å². The zero-order valence-corrected chi connectivity index (χ0v) is 16.2. The first kappa shape index (κ1) is 18.1. The highest BCUT2D eigenvalue weighted by Gasteiger charge is 2.20. The van der Waals surface area contributed by atoms with E-state index < -0.39 is 0 Å². The fourth-order valence-electron chi connectivity index (χ4n) is 3.74. The molecule has 3 nitrogen and oxygen atoms in total. The molecule has 4 heteroatoms. The predicted molar refractivity (Wildman–Crippen MR) is 114 cm³/mol. The van der Waals surface area contributed by atoms with Crippen LogP contribution in [0.4, 0.5) is 0 Å². The highest BCUT2D eigenvalue weighted by atomic mass is 35.5. The van der Waals surface area contributed by atoms with Crippen LogP contribution in [0.2, 0.25) is 5.02 Å². The molecule has 1 fully saturated rings. The van der Waals surface area contributed by atoms with Crippen molar-refractivity contribution >= 4 is 28.1 Å². The number of halogens is 1. The average molecular weight is 379 g/mol. The molecule has 1 saturated heterocycles. The van der Waals surface area contributed by atoms with Crippen LogP contribution >= 0.6 is 11.6 Å². The van der Waals surface area contributed by atoms with E-state index in [2.05, 4.69) is 71.6 Å². The normalized spacial score (nSPS) is 15.7. The predicted octanol–water partition coefficient (Wildman–Crippen LogP) is 3.37.